The highest BCUT2D eigenvalue weighted by Crippen LogP contribution is 1.94. The number of carboxylic acids is 1. The molecule has 0 radical (unpaired) electrons. The number of rotatable bonds is 4. The molecule has 64 valence electrons. The molecular weight excluding hydrogens is 239 g/mol. The van der Waals surface area contributed by atoms with Gasteiger partial charge in [-0.15, -0.1) is 0 Å². The summed E-state index contributed by atoms with van der Waals surface area (Å²) >= 11 is 7.64. The van der Waals surface area contributed by atoms with E-state index in [2.05, 4.69) is 20.5 Å². The Morgan fingerprint density at radius 3 is 2.45 bits per heavy atom. The number of carbonyl (C=O) groups excluding carboxylic acids is 1. The molecule has 0 heterocycles. The molecule has 5 nitrogen and oxygen atoms in total. The number of nitrogens with one attached hydrogen (secondary N) is 2. The molecule has 0 fully saturated rings. The first kappa shape index (κ1) is 10.7. The molecule has 0 aliphatic rings. The summed E-state index contributed by atoms with van der Waals surface area (Å²) < 4.78 is 2.26. The van der Waals surface area contributed by atoms with Crippen LogP contribution in [-0.2, 0) is 9.59 Å². The maximum atomic E-state index is 10.5. The summed E-state index contributed by atoms with van der Waals surface area (Å²) in [6.45, 7) is 0. The molecule has 1 atom stereocenters. The number of carbonyl (C=O) groups is 2. The molecular formula is C4H6BrClN2O3. The largest absolute Gasteiger partial charge is 0.480 e. The van der Waals surface area contributed by atoms with Crippen molar-refractivity contribution in [1.82, 2.24) is 9.18 Å². The van der Waals surface area contributed by atoms with E-state index < -0.39 is 17.9 Å². The lowest BCUT2D eigenvalue weighted by molar-refractivity contribution is -0.140. The van der Waals surface area contributed by atoms with Gasteiger partial charge in [-0.3, -0.25) is 14.4 Å². The molecule has 1 unspecified atom stereocenters. The molecule has 0 aromatic heterocycles. The molecule has 0 saturated heterocycles. The van der Waals surface area contributed by atoms with Crippen molar-refractivity contribution >= 4 is 39.8 Å². The molecule has 0 aromatic carbocycles. The number of halogens is 2. The van der Waals surface area contributed by atoms with Crippen molar-refractivity contribution in [3.05, 3.63) is 0 Å². The van der Waals surface area contributed by atoms with Crippen LogP contribution in [0.25, 0.3) is 0 Å². The molecule has 7 heteroatoms. The third kappa shape index (κ3) is 4.18. The van der Waals surface area contributed by atoms with Gasteiger partial charge in [0.25, 0.3) is 0 Å². The monoisotopic (exact) mass is 244 g/mol. The molecule has 1 amide bonds. The van der Waals surface area contributed by atoms with Crippen molar-refractivity contribution in [1.29, 1.82) is 0 Å². The first-order valence-corrected chi connectivity index (χ1v) is 3.77. The molecule has 0 rings (SSSR count). The van der Waals surface area contributed by atoms with Gasteiger partial charge in [0.15, 0.2) is 0 Å². The second-order valence-corrected chi connectivity index (χ2v) is 2.37. The lowest BCUT2D eigenvalue weighted by Crippen LogP contribution is -2.34. The van der Waals surface area contributed by atoms with Crippen molar-refractivity contribution in [2.24, 2.45) is 0 Å². The third-order valence-corrected chi connectivity index (χ3v) is 1.69. The Kier molecular flexibility index (Phi) is 5.18. The van der Waals surface area contributed by atoms with E-state index in [1.165, 1.54) is 0 Å². The van der Waals surface area contributed by atoms with Gasteiger partial charge in [-0.1, -0.05) is 0 Å². The summed E-state index contributed by atoms with van der Waals surface area (Å²) in [5, 5.41) is 8.40. The van der Waals surface area contributed by atoms with Crippen LogP contribution < -0.4 is 9.18 Å². The predicted molar refractivity (Wildman–Crippen MR) is 42.1 cm³/mol. The summed E-state index contributed by atoms with van der Waals surface area (Å²) in [6, 6.07) is -0.964. The van der Waals surface area contributed by atoms with E-state index >= 15 is 0 Å². The minimum atomic E-state index is -1.12. The van der Waals surface area contributed by atoms with E-state index in [1.807, 2.05) is 0 Å². The summed E-state index contributed by atoms with van der Waals surface area (Å²) in [7, 11) is 0. The van der Waals surface area contributed by atoms with Crippen LogP contribution in [0.4, 0.5) is 0 Å². The van der Waals surface area contributed by atoms with Gasteiger partial charge in [0.05, 0.1) is 6.42 Å². The summed E-state index contributed by atoms with van der Waals surface area (Å²) in [5.74, 6) is -1.67. The van der Waals surface area contributed by atoms with Gasteiger partial charge in [0, 0.05) is 27.9 Å². The van der Waals surface area contributed by atoms with Crippen LogP contribution in [0.1, 0.15) is 6.42 Å². The minimum Gasteiger partial charge on any atom is -0.480 e. The summed E-state index contributed by atoms with van der Waals surface area (Å²) in [5.41, 5.74) is 0. The van der Waals surface area contributed by atoms with Crippen LogP contribution in [0.15, 0.2) is 0 Å². The van der Waals surface area contributed by atoms with Crippen LogP contribution in [0.3, 0.4) is 0 Å². The fraction of sp³-hybridized carbons (Fsp3) is 0.500. The van der Waals surface area contributed by atoms with Gasteiger partial charge in [-0.05, 0) is 0 Å². The SMILES string of the molecule is O=C(CC(NBr)C(=O)O)NCl. The standard InChI is InChI=1S/C4H6BrClN2O3/c5-7-2(4(10)11)1-3(9)8-6/h2,7H,1H2,(H,8,9)(H,10,11). The first-order chi connectivity index (χ1) is 5.11. The second kappa shape index (κ2) is 5.34. The number of aliphatic carboxylic acids is 1. The highest BCUT2D eigenvalue weighted by Gasteiger charge is 2.18. The van der Waals surface area contributed by atoms with Crippen LogP contribution in [0.5, 0.6) is 0 Å². The highest BCUT2D eigenvalue weighted by atomic mass is 79.9. The highest BCUT2D eigenvalue weighted by molar-refractivity contribution is 9.08. The van der Waals surface area contributed by atoms with E-state index in [-0.39, 0.29) is 6.42 Å². The average Bonchev–Trinajstić information content (AvgIpc) is 1.99. The molecule has 0 aliphatic carbocycles. The van der Waals surface area contributed by atoms with Gasteiger partial charge >= 0.3 is 5.97 Å². The van der Waals surface area contributed by atoms with Crippen LogP contribution in [0, 0.1) is 0 Å². The fourth-order valence-electron chi connectivity index (χ4n) is 0.397. The smallest absolute Gasteiger partial charge is 0.322 e. The van der Waals surface area contributed by atoms with Crippen molar-refractivity contribution in [2.45, 2.75) is 12.5 Å². The van der Waals surface area contributed by atoms with E-state index in [4.69, 9.17) is 16.9 Å². The van der Waals surface area contributed by atoms with Gasteiger partial charge in [0.1, 0.15) is 6.04 Å². The summed E-state index contributed by atoms with van der Waals surface area (Å²) in [4.78, 5) is 22.6. The molecule has 3 N–H and O–H groups in total. The van der Waals surface area contributed by atoms with Gasteiger partial charge in [-0.25, -0.2) is 4.34 Å². The molecule has 0 bridgehead atoms. The van der Waals surface area contributed by atoms with Gasteiger partial charge in [-0.2, -0.15) is 0 Å². The molecule has 0 saturated carbocycles. The Morgan fingerprint density at radius 1 is 1.64 bits per heavy atom. The zero-order valence-corrected chi connectivity index (χ0v) is 7.65. The number of carboxylic acid groups (broad SMARTS) is 1. The first-order valence-electron chi connectivity index (χ1n) is 2.60. The molecule has 0 spiro atoms. The maximum absolute atomic E-state index is 10.5. The lowest BCUT2D eigenvalue weighted by Gasteiger charge is -2.06. The van der Waals surface area contributed by atoms with E-state index in [1.54, 1.807) is 4.84 Å². The van der Waals surface area contributed by atoms with Crippen molar-refractivity contribution in [3.63, 3.8) is 0 Å². The Morgan fingerprint density at radius 2 is 2.18 bits per heavy atom. The normalized spacial score (nSPS) is 12.2. The predicted octanol–water partition coefficient (Wildman–Crippen LogP) is -0.000800. The average molecular weight is 245 g/mol. The molecule has 11 heavy (non-hydrogen) atoms. The van der Waals surface area contributed by atoms with Crippen LogP contribution in [0.2, 0.25) is 0 Å². The van der Waals surface area contributed by atoms with Crippen LogP contribution >= 0.6 is 27.9 Å². The van der Waals surface area contributed by atoms with Gasteiger partial charge < -0.3 is 5.11 Å². The molecule has 0 aromatic rings. The lowest BCUT2D eigenvalue weighted by atomic mass is 10.2. The third-order valence-electron chi connectivity index (χ3n) is 0.925. The maximum Gasteiger partial charge on any atom is 0.322 e. The Bertz CT molecular complexity index is 165. The quantitative estimate of drug-likeness (QED) is 0.609. The topological polar surface area (TPSA) is 78.4 Å². The zero-order valence-electron chi connectivity index (χ0n) is 5.30. The Hall–Kier alpha value is -0.330. The minimum absolute atomic E-state index is 0.218. The van der Waals surface area contributed by atoms with Crippen molar-refractivity contribution < 1.29 is 14.7 Å². The Labute approximate surface area is 76.5 Å². The van der Waals surface area contributed by atoms with E-state index in [0.717, 1.165) is 0 Å². The van der Waals surface area contributed by atoms with E-state index in [9.17, 15) is 9.59 Å². The van der Waals surface area contributed by atoms with Crippen molar-refractivity contribution in [3.8, 4) is 0 Å². The van der Waals surface area contributed by atoms with Crippen LogP contribution in [-0.4, -0.2) is 23.0 Å². The molecule has 0 aliphatic heterocycles. The number of hydrogen-bond donors (Lipinski definition) is 3. The number of hydrogen-bond acceptors (Lipinski definition) is 3. The number of amides is 1. The summed E-state index contributed by atoms with van der Waals surface area (Å²) in [6.07, 6.45) is -0.218. The second-order valence-electron chi connectivity index (χ2n) is 1.72. The van der Waals surface area contributed by atoms with Gasteiger partial charge in [0.2, 0.25) is 5.91 Å². The Balaban J connectivity index is 3.88. The zero-order chi connectivity index (χ0) is 8.85. The van der Waals surface area contributed by atoms with E-state index in [0.29, 0.717) is 0 Å². The fourth-order valence-corrected chi connectivity index (χ4v) is 0.831. The van der Waals surface area contributed by atoms with Crippen molar-refractivity contribution in [2.75, 3.05) is 0 Å².